The van der Waals surface area contributed by atoms with Gasteiger partial charge in [-0.1, -0.05) is 0 Å². The average Bonchev–Trinajstić information content (AvgIpc) is 3.04. The van der Waals surface area contributed by atoms with Crippen molar-refractivity contribution < 1.29 is 19.1 Å². The summed E-state index contributed by atoms with van der Waals surface area (Å²) in [5.41, 5.74) is 3.27. The number of hydrogen-bond donors (Lipinski definition) is 1. The van der Waals surface area contributed by atoms with E-state index in [-0.39, 0.29) is 30.6 Å². The van der Waals surface area contributed by atoms with E-state index in [1.807, 2.05) is 12.1 Å². The molecule has 0 saturated carbocycles. The van der Waals surface area contributed by atoms with Crippen LogP contribution in [-0.2, 0) is 14.3 Å². The zero-order chi connectivity index (χ0) is 31.2. The predicted octanol–water partition coefficient (Wildman–Crippen LogP) is 4.02. The van der Waals surface area contributed by atoms with E-state index in [2.05, 4.69) is 50.4 Å². The number of rotatable bonds is 10. The lowest BCUT2D eigenvalue weighted by molar-refractivity contribution is -0.134. The highest BCUT2D eigenvalue weighted by molar-refractivity contribution is 5.83. The van der Waals surface area contributed by atoms with Gasteiger partial charge in [0, 0.05) is 88.1 Å². The van der Waals surface area contributed by atoms with Gasteiger partial charge in [-0.25, -0.2) is 9.97 Å². The van der Waals surface area contributed by atoms with Crippen molar-refractivity contribution in [2.45, 2.75) is 44.8 Å². The SMILES string of the molecule is CC(=O)CCC(=O)N1CCC(Oc2ccc(-c3nccc(Nc4ccc(N5CCN(C6COC6)CC5)cc4)n3)cc2C#N)CC1. The average molecular weight is 610 g/mol. The number of ketones is 1. The van der Waals surface area contributed by atoms with Gasteiger partial charge >= 0.3 is 0 Å². The number of aromatic nitrogens is 2. The third-order valence-corrected chi connectivity index (χ3v) is 8.75. The number of nitrogens with zero attached hydrogens (tertiary/aromatic N) is 6. The molecule has 0 bridgehead atoms. The predicted molar refractivity (Wildman–Crippen MR) is 170 cm³/mol. The second-order valence-corrected chi connectivity index (χ2v) is 11.9. The molecule has 234 valence electrons. The van der Waals surface area contributed by atoms with E-state index in [0.29, 0.717) is 54.9 Å². The van der Waals surface area contributed by atoms with E-state index in [4.69, 9.17) is 14.5 Å². The molecule has 1 amide bonds. The van der Waals surface area contributed by atoms with Crippen molar-refractivity contribution in [3.63, 3.8) is 0 Å². The van der Waals surface area contributed by atoms with Gasteiger partial charge in [0.2, 0.25) is 5.91 Å². The number of piperazine rings is 1. The zero-order valence-electron chi connectivity index (χ0n) is 25.7. The molecule has 11 nitrogen and oxygen atoms in total. The van der Waals surface area contributed by atoms with Gasteiger partial charge in [0.05, 0.1) is 24.8 Å². The number of likely N-dealkylation sites (tertiary alicyclic amines) is 1. The minimum absolute atomic E-state index is 0.00363. The maximum atomic E-state index is 12.3. The van der Waals surface area contributed by atoms with Gasteiger partial charge in [-0.05, 0) is 55.5 Å². The van der Waals surface area contributed by atoms with Gasteiger partial charge in [-0.3, -0.25) is 9.69 Å². The lowest BCUT2D eigenvalue weighted by Crippen LogP contribution is -2.56. The van der Waals surface area contributed by atoms with Crippen LogP contribution < -0.4 is 15.0 Å². The van der Waals surface area contributed by atoms with Crippen molar-refractivity contribution >= 4 is 28.9 Å². The van der Waals surface area contributed by atoms with Crippen molar-refractivity contribution in [1.29, 1.82) is 5.26 Å². The molecule has 6 rings (SSSR count). The first-order valence-electron chi connectivity index (χ1n) is 15.7. The fourth-order valence-corrected chi connectivity index (χ4v) is 5.95. The zero-order valence-corrected chi connectivity index (χ0v) is 25.7. The number of piperidine rings is 1. The number of benzene rings is 2. The number of Topliss-reactive ketones (excluding diaryl/α,β-unsaturated/α-hetero) is 1. The van der Waals surface area contributed by atoms with E-state index in [0.717, 1.165) is 50.6 Å². The largest absolute Gasteiger partial charge is 0.489 e. The third kappa shape index (κ3) is 7.59. The number of anilines is 3. The number of carbonyl (C=O) groups excluding carboxylic acids is 2. The summed E-state index contributed by atoms with van der Waals surface area (Å²) >= 11 is 0. The van der Waals surface area contributed by atoms with Crippen LogP contribution in [0, 0.1) is 11.3 Å². The molecular formula is C34H39N7O4. The maximum absolute atomic E-state index is 12.3. The summed E-state index contributed by atoms with van der Waals surface area (Å²) in [4.78, 5) is 39.4. The van der Waals surface area contributed by atoms with E-state index in [9.17, 15) is 14.9 Å². The Morgan fingerprint density at radius 1 is 1.00 bits per heavy atom. The molecule has 4 heterocycles. The van der Waals surface area contributed by atoms with Gasteiger partial charge in [0.15, 0.2) is 5.82 Å². The summed E-state index contributed by atoms with van der Waals surface area (Å²) in [5, 5.41) is 13.3. The Morgan fingerprint density at radius 2 is 1.76 bits per heavy atom. The molecule has 2 aromatic carbocycles. The Kier molecular flexibility index (Phi) is 9.52. The smallest absolute Gasteiger partial charge is 0.223 e. The Hall–Kier alpha value is -4.53. The Labute approximate surface area is 263 Å². The monoisotopic (exact) mass is 609 g/mol. The molecule has 0 radical (unpaired) electrons. The van der Waals surface area contributed by atoms with Crippen molar-refractivity contribution in [2.75, 3.05) is 62.7 Å². The minimum atomic E-state index is -0.0954. The summed E-state index contributed by atoms with van der Waals surface area (Å²) < 4.78 is 11.5. The number of amides is 1. The first-order chi connectivity index (χ1) is 21.9. The van der Waals surface area contributed by atoms with Crippen LogP contribution in [0.2, 0.25) is 0 Å². The second-order valence-electron chi connectivity index (χ2n) is 11.9. The van der Waals surface area contributed by atoms with Crippen LogP contribution in [0.25, 0.3) is 11.4 Å². The molecule has 0 aliphatic carbocycles. The molecule has 1 aromatic heterocycles. The molecule has 45 heavy (non-hydrogen) atoms. The minimum Gasteiger partial charge on any atom is -0.489 e. The van der Waals surface area contributed by atoms with Crippen molar-refractivity contribution in [2.24, 2.45) is 0 Å². The summed E-state index contributed by atoms with van der Waals surface area (Å²) in [5.74, 6) is 1.70. The lowest BCUT2D eigenvalue weighted by atomic mass is 10.1. The fourth-order valence-electron chi connectivity index (χ4n) is 5.95. The summed E-state index contributed by atoms with van der Waals surface area (Å²) in [7, 11) is 0. The van der Waals surface area contributed by atoms with Crippen LogP contribution in [0.1, 0.15) is 38.2 Å². The topological polar surface area (TPSA) is 124 Å². The van der Waals surface area contributed by atoms with Crippen LogP contribution in [-0.4, -0.2) is 96.1 Å². The second kappa shape index (κ2) is 14.1. The van der Waals surface area contributed by atoms with E-state index < -0.39 is 0 Å². The molecule has 0 unspecified atom stereocenters. The van der Waals surface area contributed by atoms with E-state index in [1.54, 1.807) is 23.2 Å². The summed E-state index contributed by atoms with van der Waals surface area (Å²) in [6.07, 6.45) is 3.47. The standard InChI is InChI=1S/C34H39N7O4/c1-24(42)2-9-33(43)41-14-11-30(12-15-41)45-31-8-3-25(20-26(31)21-35)34-36-13-10-32(38-34)37-27-4-6-28(7-5-27)39-16-18-40(19-17-39)29-22-44-23-29/h3-8,10,13,20,29-30H,2,9,11-12,14-19,22-23H2,1H3,(H,36,37,38). The van der Waals surface area contributed by atoms with Gasteiger partial charge in [-0.15, -0.1) is 0 Å². The maximum Gasteiger partial charge on any atom is 0.223 e. The van der Waals surface area contributed by atoms with E-state index in [1.165, 1.54) is 12.6 Å². The molecule has 3 saturated heterocycles. The Bertz CT molecular complexity index is 1540. The molecular weight excluding hydrogens is 570 g/mol. The number of hydrogen-bond acceptors (Lipinski definition) is 10. The Morgan fingerprint density at radius 3 is 2.42 bits per heavy atom. The molecule has 3 fully saturated rings. The molecule has 3 aliphatic rings. The Balaban J connectivity index is 1.04. The quantitative estimate of drug-likeness (QED) is 0.361. The van der Waals surface area contributed by atoms with Crippen LogP contribution in [0.15, 0.2) is 54.7 Å². The van der Waals surface area contributed by atoms with Gasteiger partial charge < -0.3 is 29.4 Å². The highest BCUT2D eigenvalue weighted by Gasteiger charge is 2.29. The highest BCUT2D eigenvalue weighted by atomic mass is 16.5. The summed E-state index contributed by atoms with van der Waals surface area (Å²) in [6, 6.07) is 18.5. The van der Waals surface area contributed by atoms with E-state index >= 15 is 0 Å². The number of nitriles is 1. The molecule has 11 heteroatoms. The molecule has 3 aromatic rings. The van der Waals surface area contributed by atoms with Gasteiger partial charge in [0.25, 0.3) is 0 Å². The molecule has 1 N–H and O–H groups in total. The third-order valence-electron chi connectivity index (χ3n) is 8.75. The van der Waals surface area contributed by atoms with Gasteiger partial charge in [-0.2, -0.15) is 5.26 Å². The van der Waals surface area contributed by atoms with Crippen LogP contribution >= 0.6 is 0 Å². The summed E-state index contributed by atoms with van der Waals surface area (Å²) in [6.45, 7) is 8.51. The molecule has 0 spiro atoms. The number of nitrogens with one attached hydrogen (secondary N) is 1. The van der Waals surface area contributed by atoms with Crippen molar-refractivity contribution in [3.05, 3.63) is 60.3 Å². The molecule has 0 atom stereocenters. The van der Waals surface area contributed by atoms with Gasteiger partial charge in [0.1, 0.15) is 29.5 Å². The van der Waals surface area contributed by atoms with Crippen molar-refractivity contribution in [3.8, 4) is 23.2 Å². The van der Waals surface area contributed by atoms with Crippen LogP contribution in [0.4, 0.5) is 17.2 Å². The first kappa shape index (κ1) is 30.5. The number of carbonyl (C=O) groups is 2. The molecule has 3 aliphatic heterocycles. The van der Waals surface area contributed by atoms with Crippen LogP contribution in [0.5, 0.6) is 5.75 Å². The van der Waals surface area contributed by atoms with Crippen LogP contribution in [0.3, 0.4) is 0 Å². The fraction of sp³-hybridized carbons (Fsp3) is 0.441. The number of ether oxygens (including phenoxy) is 2. The highest BCUT2D eigenvalue weighted by Crippen LogP contribution is 2.29. The lowest BCUT2D eigenvalue weighted by Gasteiger charge is -2.43. The first-order valence-corrected chi connectivity index (χ1v) is 15.7. The normalized spacial score (nSPS) is 17.8. The van der Waals surface area contributed by atoms with Crippen molar-refractivity contribution in [1.82, 2.24) is 19.8 Å².